The minimum Gasteiger partial charge on any atom is -0.496 e. The van der Waals surface area contributed by atoms with Crippen LogP contribution in [0.4, 0.5) is 0 Å². The molecule has 0 aliphatic carbocycles. The van der Waals surface area contributed by atoms with E-state index in [1.54, 1.807) is 18.4 Å². The molecule has 2 nitrogen and oxygen atoms in total. The van der Waals surface area contributed by atoms with Crippen LogP contribution in [0.2, 0.25) is 0 Å². The van der Waals surface area contributed by atoms with Crippen molar-refractivity contribution in [3.63, 3.8) is 0 Å². The van der Waals surface area contributed by atoms with Crippen molar-refractivity contribution in [2.24, 2.45) is 0 Å². The van der Waals surface area contributed by atoms with Crippen LogP contribution in [0, 0.1) is 6.92 Å². The van der Waals surface area contributed by atoms with Crippen molar-refractivity contribution in [3.8, 4) is 5.75 Å². The summed E-state index contributed by atoms with van der Waals surface area (Å²) in [4.78, 5) is 13.1. The highest BCUT2D eigenvalue weighted by Gasteiger charge is 2.09. The van der Waals surface area contributed by atoms with Crippen molar-refractivity contribution in [2.75, 3.05) is 7.11 Å². The van der Waals surface area contributed by atoms with Crippen LogP contribution in [-0.2, 0) is 6.42 Å². The van der Waals surface area contributed by atoms with Crippen molar-refractivity contribution in [1.82, 2.24) is 0 Å². The molecule has 2 rings (SSSR count). The molecule has 0 bridgehead atoms. The first-order chi connectivity index (χ1) is 8.20. The third-order valence-corrected chi connectivity index (χ3v) is 3.51. The Labute approximate surface area is 105 Å². The second kappa shape index (κ2) is 5.15. The van der Waals surface area contributed by atoms with Crippen LogP contribution in [0.5, 0.6) is 5.75 Å². The first kappa shape index (κ1) is 11.9. The summed E-state index contributed by atoms with van der Waals surface area (Å²) in [5.74, 6) is 0.968. The van der Waals surface area contributed by atoms with E-state index in [-0.39, 0.29) is 5.78 Å². The van der Waals surface area contributed by atoms with E-state index in [1.807, 2.05) is 42.6 Å². The molecule has 17 heavy (non-hydrogen) atoms. The number of hydrogen-bond acceptors (Lipinski definition) is 3. The second-order valence-corrected chi connectivity index (χ2v) is 4.90. The number of ketones is 1. The summed E-state index contributed by atoms with van der Waals surface area (Å²) in [5.41, 5.74) is 1.74. The van der Waals surface area contributed by atoms with Gasteiger partial charge in [0.1, 0.15) is 5.75 Å². The smallest absolute Gasteiger partial charge is 0.168 e. The lowest BCUT2D eigenvalue weighted by Gasteiger charge is -2.06. The van der Waals surface area contributed by atoms with Crippen LogP contribution in [-0.4, -0.2) is 12.9 Å². The van der Waals surface area contributed by atoms with Crippen molar-refractivity contribution < 1.29 is 9.53 Å². The minimum absolute atomic E-state index is 0.151. The fourth-order valence-corrected chi connectivity index (χ4v) is 2.43. The number of carbonyl (C=O) groups excluding carboxylic acids is 1. The molecule has 0 aliphatic rings. The van der Waals surface area contributed by atoms with E-state index in [9.17, 15) is 4.79 Å². The van der Waals surface area contributed by atoms with Crippen molar-refractivity contribution in [2.45, 2.75) is 13.3 Å². The van der Waals surface area contributed by atoms with Gasteiger partial charge in [0.2, 0.25) is 0 Å². The van der Waals surface area contributed by atoms with Gasteiger partial charge in [0.05, 0.1) is 7.11 Å². The van der Waals surface area contributed by atoms with E-state index in [2.05, 4.69) is 0 Å². The normalized spacial score (nSPS) is 10.2. The van der Waals surface area contributed by atoms with Crippen molar-refractivity contribution in [1.29, 1.82) is 0 Å². The fourth-order valence-electron chi connectivity index (χ4n) is 1.73. The molecular weight excluding hydrogens is 232 g/mol. The standard InChI is InChI=1S/C14H14O2S/c1-10-8-11(5-6-14(10)16-2)13(15)9-12-4-3-7-17-12/h3-8H,9H2,1-2H3. The Kier molecular flexibility index (Phi) is 3.59. The Hall–Kier alpha value is -1.61. The number of methoxy groups -OCH3 is 1. The minimum atomic E-state index is 0.151. The van der Waals surface area contributed by atoms with E-state index in [0.717, 1.165) is 21.8 Å². The SMILES string of the molecule is COc1ccc(C(=O)Cc2cccs2)cc1C. The molecule has 88 valence electrons. The largest absolute Gasteiger partial charge is 0.496 e. The van der Waals surface area contributed by atoms with Crippen LogP contribution >= 0.6 is 11.3 Å². The van der Waals surface area contributed by atoms with E-state index in [1.165, 1.54) is 0 Å². The summed E-state index contributed by atoms with van der Waals surface area (Å²) in [6, 6.07) is 9.50. The highest BCUT2D eigenvalue weighted by Crippen LogP contribution is 2.20. The summed E-state index contributed by atoms with van der Waals surface area (Å²) >= 11 is 1.61. The number of ether oxygens (including phenoxy) is 1. The number of carbonyl (C=O) groups is 1. The van der Waals surface area contributed by atoms with Gasteiger partial charge in [0, 0.05) is 16.9 Å². The molecule has 3 heteroatoms. The number of Topliss-reactive ketones (excluding diaryl/α,β-unsaturated/α-hetero) is 1. The highest BCUT2D eigenvalue weighted by atomic mass is 32.1. The summed E-state index contributed by atoms with van der Waals surface area (Å²) in [6.45, 7) is 1.95. The lowest BCUT2D eigenvalue weighted by molar-refractivity contribution is 0.0993. The lowest BCUT2D eigenvalue weighted by atomic mass is 10.0. The fraction of sp³-hybridized carbons (Fsp3) is 0.214. The molecule has 2 aromatic rings. The Morgan fingerprint density at radius 2 is 2.18 bits per heavy atom. The molecule has 0 amide bonds. The zero-order chi connectivity index (χ0) is 12.3. The molecule has 0 N–H and O–H groups in total. The Bertz CT molecular complexity index is 515. The molecule has 0 fully saturated rings. The van der Waals surface area contributed by atoms with Gasteiger partial charge in [0.15, 0.2) is 5.78 Å². The van der Waals surface area contributed by atoms with E-state index in [4.69, 9.17) is 4.74 Å². The Balaban J connectivity index is 2.17. The van der Waals surface area contributed by atoms with Gasteiger partial charge >= 0.3 is 0 Å². The maximum absolute atomic E-state index is 12.0. The first-order valence-corrected chi connectivity index (χ1v) is 6.29. The quantitative estimate of drug-likeness (QED) is 0.772. The summed E-state index contributed by atoms with van der Waals surface area (Å²) < 4.78 is 5.18. The van der Waals surface area contributed by atoms with Crippen LogP contribution in [0.3, 0.4) is 0 Å². The monoisotopic (exact) mass is 246 g/mol. The maximum atomic E-state index is 12.0. The van der Waals surface area contributed by atoms with Crippen molar-refractivity contribution in [3.05, 3.63) is 51.7 Å². The first-order valence-electron chi connectivity index (χ1n) is 5.41. The molecule has 1 aromatic carbocycles. The van der Waals surface area contributed by atoms with Gasteiger partial charge < -0.3 is 4.74 Å². The Morgan fingerprint density at radius 3 is 2.76 bits per heavy atom. The zero-order valence-electron chi connectivity index (χ0n) is 9.90. The van der Waals surface area contributed by atoms with Gasteiger partial charge in [-0.2, -0.15) is 0 Å². The number of rotatable bonds is 4. The van der Waals surface area contributed by atoms with Gasteiger partial charge in [-0.1, -0.05) is 6.07 Å². The second-order valence-electron chi connectivity index (χ2n) is 3.86. The molecule has 1 heterocycles. The molecule has 0 unspecified atom stereocenters. The van der Waals surface area contributed by atoms with Gasteiger partial charge in [-0.3, -0.25) is 4.79 Å². The molecule has 0 atom stereocenters. The summed E-state index contributed by atoms with van der Waals surface area (Å²) in [6.07, 6.45) is 0.476. The molecule has 0 spiro atoms. The maximum Gasteiger partial charge on any atom is 0.168 e. The summed E-state index contributed by atoms with van der Waals surface area (Å²) in [5, 5.41) is 1.99. The third kappa shape index (κ3) is 2.74. The predicted molar refractivity (Wildman–Crippen MR) is 70.1 cm³/mol. The molecular formula is C14H14O2S. The molecule has 1 aromatic heterocycles. The number of thiophene rings is 1. The number of hydrogen-bond donors (Lipinski definition) is 0. The molecule has 0 saturated heterocycles. The molecule has 0 radical (unpaired) electrons. The predicted octanol–water partition coefficient (Wildman–Crippen LogP) is 3.49. The van der Waals surface area contributed by atoms with Crippen LogP contribution in [0.25, 0.3) is 0 Å². The summed E-state index contributed by atoms with van der Waals surface area (Å²) in [7, 11) is 1.63. The lowest BCUT2D eigenvalue weighted by Crippen LogP contribution is -2.03. The zero-order valence-corrected chi connectivity index (χ0v) is 10.7. The van der Waals surface area contributed by atoms with Crippen molar-refractivity contribution >= 4 is 17.1 Å². The highest BCUT2D eigenvalue weighted by molar-refractivity contribution is 7.10. The number of aryl methyl sites for hydroxylation is 1. The van der Waals surface area contributed by atoms with Crippen LogP contribution in [0.1, 0.15) is 20.8 Å². The average molecular weight is 246 g/mol. The van der Waals surface area contributed by atoms with E-state index < -0.39 is 0 Å². The van der Waals surface area contributed by atoms with Crippen LogP contribution < -0.4 is 4.74 Å². The van der Waals surface area contributed by atoms with Gasteiger partial charge in [-0.25, -0.2) is 0 Å². The Morgan fingerprint density at radius 1 is 1.35 bits per heavy atom. The molecule has 0 aliphatic heterocycles. The topological polar surface area (TPSA) is 26.3 Å². The van der Waals surface area contributed by atoms with E-state index in [0.29, 0.717) is 6.42 Å². The average Bonchev–Trinajstić information content (AvgIpc) is 2.81. The molecule has 0 saturated carbocycles. The van der Waals surface area contributed by atoms with Gasteiger partial charge in [-0.05, 0) is 42.1 Å². The van der Waals surface area contributed by atoms with Gasteiger partial charge in [-0.15, -0.1) is 11.3 Å². The third-order valence-electron chi connectivity index (χ3n) is 2.63. The van der Waals surface area contributed by atoms with Crippen LogP contribution in [0.15, 0.2) is 35.7 Å². The van der Waals surface area contributed by atoms with Gasteiger partial charge in [0.25, 0.3) is 0 Å². The van der Waals surface area contributed by atoms with E-state index >= 15 is 0 Å². The number of benzene rings is 1.